The van der Waals surface area contributed by atoms with Crippen molar-refractivity contribution in [2.45, 2.75) is 31.4 Å². The van der Waals surface area contributed by atoms with Crippen molar-refractivity contribution in [1.29, 1.82) is 0 Å². The molecule has 0 saturated carbocycles. The highest BCUT2D eigenvalue weighted by atomic mass is 19.4. The number of anilines is 1. The van der Waals surface area contributed by atoms with Gasteiger partial charge in [-0.1, -0.05) is 0 Å². The van der Waals surface area contributed by atoms with E-state index in [9.17, 15) is 18.0 Å². The number of nitrogens with one attached hydrogen (secondary N) is 1. The number of fused-ring (bicyclic) bond motifs is 2. The lowest BCUT2D eigenvalue weighted by molar-refractivity contribution is -0.750. The molecule has 39 heavy (non-hydrogen) atoms. The van der Waals surface area contributed by atoms with E-state index in [0.717, 1.165) is 54.5 Å². The fraction of sp³-hybridized carbons (Fsp3) is 0.222. The maximum atomic E-state index is 13.0. The van der Waals surface area contributed by atoms with Crippen LogP contribution < -0.4 is 11.2 Å². The molecule has 1 aliphatic carbocycles. The number of carbonyl (C=O) groups excluding carboxylic acids is 1. The Morgan fingerprint density at radius 1 is 1.21 bits per heavy atom. The van der Waals surface area contributed by atoms with E-state index in [0.29, 0.717) is 11.4 Å². The highest BCUT2D eigenvalue weighted by molar-refractivity contribution is 6.05. The van der Waals surface area contributed by atoms with E-state index in [-0.39, 0.29) is 21.9 Å². The number of rotatable bonds is 4. The smallest absolute Gasteiger partial charge is 0.307 e. The number of halogens is 3. The molecule has 1 unspecified atom stereocenters. The van der Waals surface area contributed by atoms with E-state index >= 15 is 0 Å². The largest absolute Gasteiger partial charge is 0.416 e. The number of quaternary nitrogens is 1. The molecule has 0 bridgehead atoms. The second-order valence-corrected chi connectivity index (χ2v) is 9.63. The number of aliphatic imine (C=N–C) groups is 2. The molecular formula is C27H24F3N8O+. The van der Waals surface area contributed by atoms with Crippen LogP contribution in [0.15, 0.2) is 82.6 Å². The zero-order valence-corrected chi connectivity index (χ0v) is 20.9. The fourth-order valence-corrected chi connectivity index (χ4v) is 5.29. The predicted octanol–water partition coefficient (Wildman–Crippen LogP) is 4.42. The van der Waals surface area contributed by atoms with E-state index in [4.69, 9.17) is 10.8 Å². The third kappa shape index (κ3) is 4.27. The fourth-order valence-electron chi connectivity index (χ4n) is 5.29. The Balaban J connectivity index is 1.29. The molecule has 2 aromatic heterocycles. The van der Waals surface area contributed by atoms with Crippen molar-refractivity contribution in [2.75, 3.05) is 5.32 Å². The number of amidine groups is 1. The summed E-state index contributed by atoms with van der Waals surface area (Å²) in [6, 6.07) is 8.22. The molecule has 0 fully saturated rings. The lowest BCUT2D eigenvalue weighted by Crippen LogP contribution is -2.53. The molecule has 1 aromatic carbocycles. The van der Waals surface area contributed by atoms with Gasteiger partial charge in [-0.2, -0.15) is 29.1 Å². The number of aromatic nitrogens is 3. The number of aryl methyl sites for hydroxylation is 1. The van der Waals surface area contributed by atoms with Gasteiger partial charge >= 0.3 is 6.18 Å². The monoisotopic (exact) mass is 533 g/mol. The topological polar surface area (TPSA) is 111 Å². The van der Waals surface area contributed by atoms with Crippen LogP contribution in [-0.4, -0.2) is 37.3 Å². The number of pyridine rings is 1. The van der Waals surface area contributed by atoms with E-state index < -0.39 is 17.6 Å². The summed E-state index contributed by atoms with van der Waals surface area (Å²) in [5, 5.41) is 6.88. The number of carbonyl (C=O) groups is 1. The molecule has 0 saturated heterocycles. The Morgan fingerprint density at radius 2 is 2.00 bits per heavy atom. The third-order valence-electron chi connectivity index (χ3n) is 7.26. The van der Waals surface area contributed by atoms with Gasteiger partial charge in [0, 0.05) is 36.0 Å². The second kappa shape index (κ2) is 9.10. The number of nitrogens with two attached hydrogens (primary N) is 1. The summed E-state index contributed by atoms with van der Waals surface area (Å²) in [6.45, 7) is 0. The van der Waals surface area contributed by atoms with Crippen molar-refractivity contribution >= 4 is 23.8 Å². The molecule has 3 N–H and O–H groups in total. The molecule has 198 valence electrons. The van der Waals surface area contributed by atoms with Gasteiger partial charge in [0.2, 0.25) is 5.70 Å². The first kappa shape index (κ1) is 24.9. The van der Waals surface area contributed by atoms with Crippen LogP contribution in [0, 0.1) is 0 Å². The SMILES string of the molecule is Cn1ncc2c1CCC[C@@H]2C1=C2C=NC=C[N+]2(N)C(c2ccc(C(=O)Nc3cc(C(F)(F)F)ccn3)cc2)=N1. The van der Waals surface area contributed by atoms with Crippen molar-refractivity contribution < 1.29 is 22.6 Å². The molecule has 4 heterocycles. The highest BCUT2D eigenvalue weighted by Crippen LogP contribution is 2.43. The lowest BCUT2D eigenvalue weighted by Gasteiger charge is -2.27. The van der Waals surface area contributed by atoms with Gasteiger partial charge in [-0.3, -0.25) is 14.5 Å². The van der Waals surface area contributed by atoms with E-state index in [2.05, 4.69) is 20.4 Å². The Bertz CT molecular complexity index is 1600. The molecule has 2 aliphatic heterocycles. The first-order valence-electron chi connectivity index (χ1n) is 12.3. The molecule has 0 radical (unpaired) electrons. The summed E-state index contributed by atoms with van der Waals surface area (Å²) in [5.41, 5.74) is 3.98. The van der Waals surface area contributed by atoms with Gasteiger partial charge in [-0.05, 0) is 55.7 Å². The average Bonchev–Trinajstić information content (AvgIpc) is 3.45. The predicted molar refractivity (Wildman–Crippen MR) is 138 cm³/mol. The normalized spacial score (nSPS) is 22.0. The van der Waals surface area contributed by atoms with Crippen molar-refractivity contribution in [3.8, 4) is 0 Å². The molecular weight excluding hydrogens is 509 g/mol. The van der Waals surface area contributed by atoms with E-state index in [1.807, 2.05) is 17.9 Å². The minimum Gasteiger partial charge on any atom is -0.307 e. The zero-order valence-electron chi connectivity index (χ0n) is 20.9. The lowest BCUT2D eigenvalue weighted by atomic mass is 9.84. The number of hydrogen-bond donors (Lipinski definition) is 2. The van der Waals surface area contributed by atoms with Gasteiger partial charge in [0.25, 0.3) is 11.7 Å². The number of alkyl halides is 3. The van der Waals surface area contributed by atoms with Crippen LogP contribution in [0.1, 0.15) is 51.5 Å². The molecule has 2 atom stereocenters. The van der Waals surface area contributed by atoms with Crippen LogP contribution in [0.4, 0.5) is 19.0 Å². The first-order valence-corrected chi connectivity index (χ1v) is 12.3. The number of amides is 1. The van der Waals surface area contributed by atoms with Crippen LogP contribution >= 0.6 is 0 Å². The van der Waals surface area contributed by atoms with E-state index in [1.54, 1.807) is 42.9 Å². The third-order valence-corrected chi connectivity index (χ3v) is 7.26. The van der Waals surface area contributed by atoms with Gasteiger partial charge < -0.3 is 5.32 Å². The van der Waals surface area contributed by atoms with Gasteiger partial charge in [0.05, 0.1) is 29.7 Å². The van der Waals surface area contributed by atoms with Crippen LogP contribution in [0.25, 0.3) is 0 Å². The van der Waals surface area contributed by atoms with Crippen LogP contribution in [-0.2, 0) is 19.6 Å². The Labute approximate surface area is 221 Å². The van der Waals surface area contributed by atoms with Crippen LogP contribution in [0.5, 0.6) is 0 Å². The Kier molecular flexibility index (Phi) is 5.81. The highest BCUT2D eigenvalue weighted by Gasteiger charge is 2.46. The van der Waals surface area contributed by atoms with E-state index in [1.165, 1.54) is 5.69 Å². The quantitative estimate of drug-likeness (QED) is 0.382. The maximum Gasteiger partial charge on any atom is 0.416 e. The Morgan fingerprint density at radius 3 is 2.77 bits per heavy atom. The molecule has 0 spiro atoms. The summed E-state index contributed by atoms with van der Waals surface area (Å²) < 4.78 is 40.8. The number of allylic oxidation sites excluding steroid dienone is 2. The summed E-state index contributed by atoms with van der Waals surface area (Å²) >= 11 is 0. The number of hydrogen-bond acceptors (Lipinski definition) is 6. The minimum absolute atomic E-state index is 0.0268. The summed E-state index contributed by atoms with van der Waals surface area (Å²) in [5.74, 6) is 6.70. The Hall–Kier alpha value is -4.42. The molecule has 1 amide bonds. The van der Waals surface area contributed by atoms with Gasteiger partial charge in [0.15, 0.2) is 0 Å². The zero-order chi connectivity index (χ0) is 27.4. The van der Waals surface area contributed by atoms with Gasteiger partial charge in [-0.25, -0.2) is 4.98 Å². The molecule has 3 aliphatic rings. The van der Waals surface area contributed by atoms with Crippen molar-refractivity contribution in [3.63, 3.8) is 0 Å². The summed E-state index contributed by atoms with van der Waals surface area (Å²) in [6.07, 6.45) is 6.35. The second-order valence-electron chi connectivity index (χ2n) is 9.63. The van der Waals surface area contributed by atoms with Crippen molar-refractivity contribution in [3.05, 3.63) is 101 Å². The number of nitrogens with zero attached hydrogens (tertiary/aromatic N) is 6. The summed E-state index contributed by atoms with van der Waals surface area (Å²) in [4.78, 5) is 25.9. The molecule has 6 rings (SSSR count). The average molecular weight is 534 g/mol. The van der Waals surface area contributed by atoms with Gasteiger partial charge in [-0.15, -0.1) is 4.59 Å². The van der Waals surface area contributed by atoms with Crippen LogP contribution in [0.3, 0.4) is 0 Å². The van der Waals surface area contributed by atoms with Crippen molar-refractivity contribution in [2.24, 2.45) is 22.9 Å². The van der Waals surface area contributed by atoms with Crippen LogP contribution in [0.2, 0.25) is 0 Å². The standard InChI is InChI=1S/C27H23F3N8O/c1-37-21-4-2-3-19(20(21)14-34-37)24-22-15-32-11-12-38(22,31)25(36-24)16-5-7-17(8-6-16)26(39)35-23-13-18(9-10-33-23)27(28,29)30/h5-15,19H,2-4,31H2,1H3/p+1/t19-,38?/m0/s1. The maximum absolute atomic E-state index is 13.0. The molecule has 12 heteroatoms. The minimum atomic E-state index is -4.54. The summed E-state index contributed by atoms with van der Waals surface area (Å²) in [7, 11) is 1.94. The van der Waals surface area contributed by atoms with Crippen molar-refractivity contribution in [1.82, 2.24) is 14.8 Å². The molecule has 9 nitrogen and oxygen atoms in total. The number of benzene rings is 1. The molecule has 3 aromatic rings. The first-order chi connectivity index (χ1) is 18.6. The van der Waals surface area contributed by atoms with Gasteiger partial charge in [0.1, 0.15) is 17.7 Å².